The highest BCUT2D eigenvalue weighted by molar-refractivity contribution is 6.26. The summed E-state index contributed by atoms with van der Waals surface area (Å²) in [5.41, 5.74) is -2.43. The van der Waals surface area contributed by atoms with Crippen molar-refractivity contribution in [1.29, 1.82) is 0 Å². The molecule has 0 saturated carbocycles. The van der Waals surface area contributed by atoms with E-state index >= 15 is 0 Å². The van der Waals surface area contributed by atoms with Gasteiger partial charge in [-0.3, -0.25) is 14.4 Å². The molecule has 0 saturated heterocycles. The molecule has 5 heteroatoms. The van der Waals surface area contributed by atoms with Gasteiger partial charge in [0.2, 0.25) is 5.60 Å². The van der Waals surface area contributed by atoms with Crippen LogP contribution >= 0.6 is 0 Å². The topological polar surface area (TPSA) is 71.4 Å². The van der Waals surface area contributed by atoms with Crippen molar-refractivity contribution in [2.24, 2.45) is 5.92 Å². The summed E-state index contributed by atoms with van der Waals surface area (Å²) in [5.74, 6) is -2.24. The number of hydrogen-bond donors (Lipinski definition) is 1. The Balaban J connectivity index is 0. The molecule has 0 heterocycles. The van der Waals surface area contributed by atoms with E-state index in [1.54, 1.807) is 0 Å². The maximum Gasteiger partial charge on any atom is 0.239 e. The van der Waals surface area contributed by atoms with Crippen LogP contribution in [0.3, 0.4) is 0 Å². The van der Waals surface area contributed by atoms with E-state index in [4.69, 9.17) is 0 Å². The van der Waals surface area contributed by atoms with Crippen LogP contribution in [0.2, 0.25) is 0 Å². The first kappa shape index (κ1) is 17.9. The predicted molar refractivity (Wildman–Crippen MR) is 65.3 cm³/mol. The first-order valence-electron chi connectivity index (χ1n) is 5.04. The lowest BCUT2D eigenvalue weighted by molar-refractivity contribution is -0.157. The zero-order chi connectivity index (χ0) is 12.2. The summed E-state index contributed by atoms with van der Waals surface area (Å²) < 4.78 is 0. The molecule has 0 radical (unpaired) electrons. The van der Waals surface area contributed by atoms with Crippen molar-refractivity contribution in [2.75, 3.05) is 0 Å². The van der Waals surface area contributed by atoms with Crippen molar-refractivity contribution in [2.45, 2.75) is 46.1 Å². The molecule has 0 aromatic rings. The van der Waals surface area contributed by atoms with E-state index in [0.29, 0.717) is 0 Å². The molecule has 0 amide bonds. The lowest BCUT2D eigenvalue weighted by Crippen LogP contribution is -2.51. The normalized spacial score (nSPS) is 12.6. The van der Waals surface area contributed by atoms with Crippen molar-refractivity contribution < 1.29 is 19.5 Å². The minimum atomic E-state index is -2.43. The van der Waals surface area contributed by atoms with Crippen LogP contribution in [0.25, 0.3) is 0 Å². The number of ketones is 3. The molecule has 0 rings (SSSR count). The predicted octanol–water partition coefficient (Wildman–Crippen LogP) is -0.283. The minimum absolute atomic E-state index is 0. The second-order valence-corrected chi connectivity index (χ2v) is 3.96. The van der Waals surface area contributed by atoms with Gasteiger partial charge in [-0.25, -0.2) is 0 Å². The van der Waals surface area contributed by atoms with Gasteiger partial charge in [0.15, 0.2) is 34.7 Å². The van der Waals surface area contributed by atoms with E-state index in [2.05, 4.69) is 0 Å². The third-order valence-electron chi connectivity index (χ3n) is 2.65. The van der Waals surface area contributed by atoms with Crippen LogP contribution in [0.5, 0.6) is 0 Å². The van der Waals surface area contributed by atoms with Gasteiger partial charge in [0.05, 0.1) is 0 Å². The molecule has 1 unspecified atom stereocenters. The van der Waals surface area contributed by atoms with Crippen LogP contribution < -0.4 is 0 Å². The zero-order valence-electron chi connectivity index (χ0n) is 9.66. The van der Waals surface area contributed by atoms with Crippen LogP contribution in [-0.2, 0) is 14.4 Å². The van der Waals surface area contributed by atoms with Crippen LogP contribution in [0.15, 0.2) is 0 Å². The van der Waals surface area contributed by atoms with Crippen LogP contribution in [-0.4, -0.2) is 45.4 Å². The van der Waals surface area contributed by atoms with Gasteiger partial charge in [-0.2, -0.15) is 0 Å². The molecule has 0 spiro atoms. The average Bonchev–Trinajstić information content (AvgIpc) is 2.15. The van der Waals surface area contributed by atoms with Gasteiger partial charge >= 0.3 is 0 Å². The highest BCUT2D eigenvalue weighted by Crippen LogP contribution is 2.17. The molecular formula is C11H21AlO4. The Hall–Kier alpha value is -0.498. The first-order valence-corrected chi connectivity index (χ1v) is 5.04. The van der Waals surface area contributed by atoms with E-state index in [1.165, 1.54) is 0 Å². The molecule has 0 aliphatic carbocycles. The molecule has 0 aliphatic heterocycles. The summed E-state index contributed by atoms with van der Waals surface area (Å²) in [6.07, 6.45) is 0.809. The molecule has 0 aliphatic rings. The standard InChI is InChI=1S/C11H18O4.Al.3H/c1-5-7(2)6-10(14)11(15,8(3)12)9(4)13;;;;/h7,15H,5-6H2,1-4H3;;;;. The summed E-state index contributed by atoms with van der Waals surface area (Å²) in [7, 11) is 0. The molecule has 0 fully saturated rings. The Bertz CT molecular complexity index is 272. The highest BCUT2D eigenvalue weighted by Gasteiger charge is 2.45. The van der Waals surface area contributed by atoms with Crippen LogP contribution in [0.1, 0.15) is 40.5 Å². The monoisotopic (exact) mass is 244 g/mol. The first-order chi connectivity index (χ1) is 6.76. The molecule has 0 aromatic carbocycles. The quantitative estimate of drug-likeness (QED) is 0.515. The number of aliphatic hydroxyl groups is 1. The van der Waals surface area contributed by atoms with E-state index in [0.717, 1.165) is 20.3 Å². The van der Waals surface area contributed by atoms with Gasteiger partial charge in [0.25, 0.3) is 0 Å². The van der Waals surface area contributed by atoms with Crippen LogP contribution in [0.4, 0.5) is 0 Å². The summed E-state index contributed by atoms with van der Waals surface area (Å²) in [6, 6.07) is 0. The summed E-state index contributed by atoms with van der Waals surface area (Å²) >= 11 is 0. The van der Waals surface area contributed by atoms with Crippen molar-refractivity contribution in [3.63, 3.8) is 0 Å². The van der Waals surface area contributed by atoms with E-state index in [9.17, 15) is 19.5 Å². The van der Waals surface area contributed by atoms with Crippen molar-refractivity contribution in [3.05, 3.63) is 0 Å². The SMILES string of the molecule is CCC(C)CC(=O)C(O)(C(C)=O)C(C)=O.[AlH3]. The smallest absolute Gasteiger partial charge is 0.239 e. The lowest BCUT2D eigenvalue weighted by atomic mass is 9.85. The number of carbonyl (C=O) groups is 3. The van der Waals surface area contributed by atoms with Gasteiger partial charge in [0, 0.05) is 6.42 Å². The number of hydrogen-bond acceptors (Lipinski definition) is 4. The van der Waals surface area contributed by atoms with Gasteiger partial charge in [0.1, 0.15) is 0 Å². The second-order valence-electron chi connectivity index (χ2n) is 3.96. The van der Waals surface area contributed by atoms with Gasteiger partial charge in [-0.1, -0.05) is 20.3 Å². The Morgan fingerprint density at radius 3 is 1.81 bits per heavy atom. The fraction of sp³-hybridized carbons (Fsp3) is 0.727. The molecule has 4 nitrogen and oxygen atoms in total. The highest BCUT2D eigenvalue weighted by atomic mass is 27.0. The van der Waals surface area contributed by atoms with Crippen molar-refractivity contribution in [1.82, 2.24) is 0 Å². The zero-order valence-corrected chi connectivity index (χ0v) is 9.66. The van der Waals surface area contributed by atoms with Crippen molar-refractivity contribution in [3.8, 4) is 0 Å². The number of Topliss-reactive ketones (excluding diaryl/α,β-unsaturated/α-hetero) is 3. The molecule has 1 atom stereocenters. The largest absolute Gasteiger partial charge is 0.369 e. The third-order valence-corrected chi connectivity index (χ3v) is 2.65. The third kappa shape index (κ3) is 3.82. The van der Waals surface area contributed by atoms with Gasteiger partial charge in [-0.15, -0.1) is 0 Å². The Morgan fingerprint density at radius 1 is 1.19 bits per heavy atom. The molecule has 0 aromatic heterocycles. The molecule has 1 N–H and O–H groups in total. The summed E-state index contributed by atoms with van der Waals surface area (Å²) in [4.78, 5) is 33.9. The van der Waals surface area contributed by atoms with Crippen LogP contribution in [0, 0.1) is 5.92 Å². The van der Waals surface area contributed by atoms with E-state index in [1.807, 2.05) is 13.8 Å². The average molecular weight is 244 g/mol. The van der Waals surface area contributed by atoms with E-state index < -0.39 is 23.0 Å². The molecule has 92 valence electrons. The fourth-order valence-corrected chi connectivity index (χ4v) is 1.25. The minimum Gasteiger partial charge on any atom is -0.369 e. The fourth-order valence-electron chi connectivity index (χ4n) is 1.25. The summed E-state index contributed by atoms with van der Waals surface area (Å²) in [6.45, 7) is 5.84. The Labute approximate surface area is 107 Å². The second kappa shape index (κ2) is 6.95. The number of rotatable bonds is 6. The molecule has 0 bridgehead atoms. The van der Waals surface area contributed by atoms with E-state index in [-0.39, 0.29) is 29.7 Å². The number of carbonyl (C=O) groups excluding carboxylic acids is 3. The molecular weight excluding hydrogens is 223 g/mol. The molecule has 16 heavy (non-hydrogen) atoms. The van der Waals surface area contributed by atoms with Crippen molar-refractivity contribution >= 4 is 34.7 Å². The Kier molecular flexibility index (Phi) is 7.77. The maximum absolute atomic E-state index is 11.6. The lowest BCUT2D eigenvalue weighted by Gasteiger charge is -2.21. The maximum atomic E-state index is 11.6. The summed E-state index contributed by atoms with van der Waals surface area (Å²) in [5, 5.41) is 9.73. The Morgan fingerprint density at radius 2 is 1.56 bits per heavy atom. The van der Waals surface area contributed by atoms with Gasteiger partial charge < -0.3 is 5.11 Å². The van der Waals surface area contributed by atoms with Gasteiger partial charge in [-0.05, 0) is 19.8 Å².